The maximum atomic E-state index is 12.3. The van der Waals surface area contributed by atoms with E-state index in [4.69, 9.17) is 9.47 Å². The molecule has 0 heterocycles. The summed E-state index contributed by atoms with van der Waals surface area (Å²) >= 11 is 0. The van der Waals surface area contributed by atoms with Gasteiger partial charge in [-0.25, -0.2) is 0 Å². The van der Waals surface area contributed by atoms with Crippen LogP contribution in [-0.2, 0) is 4.74 Å². The molecule has 0 aliphatic carbocycles. The first kappa shape index (κ1) is 17.0. The number of ether oxygens (including phenoxy) is 2. The molecular weight excluding hydrogens is 290 g/mol. The third-order valence-corrected chi connectivity index (χ3v) is 3.97. The summed E-state index contributed by atoms with van der Waals surface area (Å²) in [6.45, 7) is 4.43. The van der Waals surface area contributed by atoms with Gasteiger partial charge in [-0.3, -0.25) is 4.79 Å². The number of amides is 1. The van der Waals surface area contributed by atoms with Gasteiger partial charge < -0.3 is 14.8 Å². The number of hydrogen-bond acceptors (Lipinski definition) is 3. The van der Waals surface area contributed by atoms with Crippen molar-refractivity contribution in [1.29, 1.82) is 0 Å². The Hall–Kier alpha value is -2.33. The van der Waals surface area contributed by atoms with Crippen molar-refractivity contribution >= 4 is 5.91 Å². The summed E-state index contributed by atoms with van der Waals surface area (Å²) in [7, 11) is 3.26. The van der Waals surface area contributed by atoms with E-state index >= 15 is 0 Å². The highest BCUT2D eigenvalue weighted by atomic mass is 16.5. The Labute approximate surface area is 137 Å². The van der Waals surface area contributed by atoms with Crippen molar-refractivity contribution in [1.82, 2.24) is 5.32 Å². The second-order valence-corrected chi connectivity index (χ2v) is 5.51. The van der Waals surface area contributed by atoms with Crippen LogP contribution in [0.1, 0.15) is 33.2 Å². The van der Waals surface area contributed by atoms with E-state index < -0.39 is 0 Å². The van der Waals surface area contributed by atoms with Crippen molar-refractivity contribution in [2.45, 2.75) is 20.0 Å². The van der Waals surface area contributed by atoms with E-state index in [1.807, 2.05) is 56.3 Å². The molecule has 0 bridgehead atoms. The molecule has 0 aliphatic rings. The Morgan fingerprint density at radius 2 is 1.87 bits per heavy atom. The van der Waals surface area contributed by atoms with Crippen LogP contribution in [0.4, 0.5) is 0 Å². The van der Waals surface area contributed by atoms with Crippen LogP contribution in [0.2, 0.25) is 0 Å². The van der Waals surface area contributed by atoms with Gasteiger partial charge in [0.2, 0.25) is 0 Å². The summed E-state index contributed by atoms with van der Waals surface area (Å²) in [5, 5.41) is 2.93. The SMILES string of the molecule is COc1cccc(C(CNC(=O)c2ccc(C)c(C)c2)OC)c1. The Bertz CT molecular complexity index is 682. The van der Waals surface area contributed by atoms with Crippen LogP contribution in [0.3, 0.4) is 0 Å². The Balaban J connectivity index is 2.04. The Morgan fingerprint density at radius 3 is 2.52 bits per heavy atom. The molecule has 0 spiro atoms. The van der Waals surface area contributed by atoms with Crippen molar-refractivity contribution in [3.63, 3.8) is 0 Å². The molecule has 2 aromatic rings. The van der Waals surface area contributed by atoms with Gasteiger partial charge in [0.15, 0.2) is 0 Å². The lowest BCUT2D eigenvalue weighted by Gasteiger charge is -2.17. The zero-order valence-electron chi connectivity index (χ0n) is 14.1. The summed E-state index contributed by atoms with van der Waals surface area (Å²) in [6, 6.07) is 13.4. The largest absolute Gasteiger partial charge is 0.497 e. The molecule has 2 aromatic carbocycles. The average molecular weight is 313 g/mol. The highest BCUT2D eigenvalue weighted by Crippen LogP contribution is 2.21. The molecule has 1 atom stereocenters. The smallest absolute Gasteiger partial charge is 0.251 e. The van der Waals surface area contributed by atoms with Crippen LogP contribution >= 0.6 is 0 Å². The van der Waals surface area contributed by atoms with E-state index in [2.05, 4.69) is 5.32 Å². The first-order chi connectivity index (χ1) is 11.0. The molecule has 2 rings (SSSR count). The highest BCUT2D eigenvalue weighted by Gasteiger charge is 2.14. The van der Waals surface area contributed by atoms with Gasteiger partial charge in [-0.05, 0) is 54.8 Å². The zero-order valence-corrected chi connectivity index (χ0v) is 14.1. The second-order valence-electron chi connectivity index (χ2n) is 5.51. The van der Waals surface area contributed by atoms with Crippen molar-refractivity contribution in [3.05, 3.63) is 64.7 Å². The van der Waals surface area contributed by atoms with E-state index in [1.54, 1.807) is 14.2 Å². The Morgan fingerprint density at radius 1 is 1.09 bits per heavy atom. The first-order valence-corrected chi connectivity index (χ1v) is 7.57. The molecule has 122 valence electrons. The quantitative estimate of drug-likeness (QED) is 0.889. The van der Waals surface area contributed by atoms with Gasteiger partial charge >= 0.3 is 0 Å². The van der Waals surface area contributed by atoms with Gasteiger partial charge in [0.1, 0.15) is 5.75 Å². The van der Waals surface area contributed by atoms with Crippen LogP contribution in [0, 0.1) is 13.8 Å². The standard InChI is InChI=1S/C19H23NO3/c1-13-8-9-16(10-14(13)2)19(21)20-12-18(23-4)15-6-5-7-17(11-15)22-3/h5-11,18H,12H2,1-4H3,(H,20,21). The minimum atomic E-state index is -0.222. The number of carbonyl (C=O) groups excluding carboxylic acids is 1. The first-order valence-electron chi connectivity index (χ1n) is 7.57. The number of aryl methyl sites for hydroxylation is 2. The third kappa shape index (κ3) is 4.33. The van der Waals surface area contributed by atoms with Gasteiger partial charge in [-0.1, -0.05) is 18.2 Å². The Kier molecular flexibility index (Phi) is 5.77. The van der Waals surface area contributed by atoms with Crippen LogP contribution in [0.15, 0.2) is 42.5 Å². The molecule has 23 heavy (non-hydrogen) atoms. The lowest BCUT2D eigenvalue weighted by atomic mass is 10.1. The van der Waals surface area contributed by atoms with Crippen molar-refractivity contribution < 1.29 is 14.3 Å². The summed E-state index contributed by atoms with van der Waals surface area (Å²) < 4.78 is 10.7. The molecule has 4 heteroatoms. The van der Waals surface area contributed by atoms with Crippen molar-refractivity contribution in [2.75, 3.05) is 20.8 Å². The number of rotatable bonds is 6. The highest BCUT2D eigenvalue weighted by molar-refractivity contribution is 5.94. The normalized spacial score (nSPS) is 11.8. The number of nitrogens with one attached hydrogen (secondary N) is 1. The number of hydrogen-bond donors (Lipinski definition) is 1. The molecule has 0 saturated carbocycles. The topological polar surface area (TPSA) is 47.6 Å². The molecule has 1 N–H and O–H groups in total. The van der Waals surface area contributed by atoms with E-state index in [9.17, 15) is 4.79 Å². The monoisotopic (exact) mass is 313 g/mol. The summed E-state index contributed by atoms with van der Waals surface area (Å²) in [4.78, 5) is 12.3. The minimum absolute atomic E-state index is 0.0990. The summed E-state index contributed by atoms with van der Waals surface area (Å²) in [5.41, 5.74) is 3.90. The maximum Gasteiger partial charge on any atom is 0.251 e. The molecule has 1 amide bonds. The molecule has 0 saturated heterocycles. The van der Waals surface area contributed by atoms with Crippen LogP contribution in [0.5, 0.6) is 5.75 Å². The maximum absolute atomic E-state index is 12.3. The number of methoxy groups -OCH3 is 2. The molecule has 1 unspecified atom stereocenters. The summed E-state index contributed by atoms with van der Waals surface area (Å²) in [6.07, 6.45) is -0.222. The predicted octanol–water partition coefficient (Wildman–Crippen LogP) is 3.43. The lowest BCUT2D eigenvalue weighted by molar-refractivity contribution is 0.0827. The molecular formula is C19H23NO3. The average Bonchev–Trinajstić information content (AvgIpc) is 2.58. The second kappa shape index (κ2) is 7.79. The van der Waals surface area contributed by atoms with Gasteiger partial charge in [-0.15, -0.1) is 0 Å². The van der Waals surface area contributed by atoms with Crippen LogP contribution < -0.4 is 10.1 Å². The summed E-state index contributed by atoms with van der Waals surface area (Å²) in [5.74, 6) is 0.670. The zero-order chi connectivity index (χ0) is 16.8. The van der Waals surface area contributed by atoms with E-state index in [0.29, 0.717) is 12.1 Å². The molecule has 0 fully saturated rings. The van der Waals surface area contributed by atoms with Gasteiger partial charge in [0.25, 0.3) is 5.91 Å². The van der Waals surface area contributed by atoms with Gasteiger partial charge in [0.05, 0.1) is 13.2 Å². The fourth-order valence-corrected chi connectivity index (χ4v) is 2.35. The van der Waals surface area contributed by atoms with Crippen LogP contribution in [0.25, 0.3) is 0 Å². The molecule has 4 nitrogen and oxygen atoms in total. The lowest BCUT2D eigenvalue weighted by Crippen LogP contribution is -2.29. The number of carbonyl (C=O) groups is 1. The van der Waals surface area contributed by atoms with Gasteiger partial charge in [-0.2, -0.15) is 0 Å². The van der Waals surface area contributed by atoms with Gasteiger partial charge in [0, 0.05) is 19.2 Å². The fourth-order valence-electron chi connectivity index (χ4n) is 2.35. The predicted molar refractivity (Wildman–Crippen MR) is 91.0 cm³/mol. The molecule has 0 aromatic heterocycles. The third-order valence-electron chi connectivity index (χ3n) is 3.97. The van der Waals surface area contributed by atoms with E-state index in [1.165, 1.54) is 5.56 Å². The van der Waals surface area contributed by atoms with E-state index in [0.717, 1.165) is 16.9 Å². The number of benzene rings is 2. The van der Waals surface area contributed by atoms with Crippen molar-refractivity contribution in [3.8, 4) is 5.75 Å². The molecule has 0 aliphatic heterocycles. The van der Waals surface area contributed by atoms with E-state index in [-0.39, 0.29) is 12.0 Å². The van der Waals surface area contributed by atoms with Crippen LogP contribution in [-0.4, -0.2) is 26.7 Å². The minimum Gasteiger partial charge on any atom is -0.497 e. The van der Waals surface area contributed by atoms with Crippen molar-refractivity contribution in [2.24, 2.45) is 0 Å². The molecule has 0 radical (unpaired) electrons. The fraction of sp³-hybridized carbons (Fsp3) is 0.316.